The maximum Gasteiger partial charge on any atom is 0.252 e. The lowest BCUT2D eigenvalue weighted by molar-refractivity contribution is 0.0937. The lowest BCUT2D eigenvalue weighted by Gasteiger charge is -2.16. The molecular formula is C24H20ClN3O4. The SMILES string of the molecule is COc1cc(OC)cc(C(=O)N[C@H](c2ccccc2)c2nnc(-c3ccc(Cl)cc3)o2)c1. The Morgan fingerprint density at radius 2 is 1.59 bits per heavy atom. The van der Waals surface area contributed by atoms with Crippen molar-refractivity contribution in [3.05, 3.63) is 94.8 Å². The highest BCUT2D eigenvalue weighted by Crippen LogP contribution is 2.27. The molecule has 1 N–H and O–H groups in total. The quantitative estimate of drug-likeness (QED) is 0.430. The molecule has 0 aliphatic rings. The van der Waals surface area contributed by atoms with E-state index in [1.54, 1.807) is 42.5 Å². The molecule has 0 unspecified atom stereocenters. The zero-order valence-corrected chi connectivity index (χ0v) is 18.2. The van der Waals surface area contributed by atoms with Gasteiger partial charge in [0, 0.05) is 22.2 Å². The van der Waals surface area contributed by atoms with Crippen molar-refractivity contribution in [2.45, 2.75) is 6.04 Å². The van der Waals surface area contributed by atoms with Gasteiger partial charge in [-0.15, -0.1) is 10.2 Å². The summed E-state index contributed by atoms with van der Waals surface area (Å²) in [6, 6.07) is 20.8. The summed E-state index contributed by atoms with van der Waals surface area (Å²) in [7, 11) is 3.06. The molecule has 162 valence electrons. The summed E-state index contributed by atoms with van der Waals surface area (Å²) in [5, 5.41) is 11.9. The van der Waals surface area contributed by atoms with E-state index in [4.69, 9.17) is 25.5 Å². The van der Waals surface area contributed by atoms with E-state index in [0.717, 1.165) is 11.1 Å². The fourth-order valence-electron chi connectivity index (χ4n) is 3.15. The zero-order valence-electron chi connectivity index (χ0n) is 17.4. The highest BCUT2D eigenvalue weighted by atomic mass is 35.5. The summed E-state index contributed by atoms with van der Waals surface area (Å²) >= 11 is 5.96. The molecule has 0 radical (unpaired) electrons. The molecule has 0 aliphatic heterocycles. The highest BCUT2D eigenvalue weighted by Gasteiger charge is 2.24. The van der Waals surface area contributed by atoms with E-state index in [9.17, 15) is 4.79 Å². The molecule has 4 aromatic rings. The summed E-state index contributed by atoms with van der Waals surface area (Å²) in [6.45, 7) is 0. The van der Waals surface area contributed by atoms with Crippen LogP contribution in [-0.2, 0) is 0 Å². The molecule has 1 amide bonds. The van der Waals surface area contributed by atoms with Crippen LogP contribution in [0.2, 0.25) is 5.02 Å². The van der Waals surface area contributed by atoms with Crippen molar-refractivity contribution in [1.29, 1.82) is 0 Å². The van der Waals surface area contributed by atoms with Gasteiger partial charge in [-0.05, 0) is 42.0 Å². The monoisotopic (exact) mass is 449 g/mol. The van der Waals surface area contributed by atoms with Gasteiger partial charge in [-0.2, -0.15) is 0 Å². The third-order valence-corrected chi connectivity index (χ3v) is 5.05. The van der Waals surface area contributed by atoms with E-state index in [1.807, 2.05) is 30.3 Å². The first-order valence-corrected chi connectivity index (χ1v) is 10.1. The Morgan fingerprint density at radius 3 is 2.22 bits per heavy atom. The number of nitrogens with one attached hydrogen (secondary N) is 1. The Kier molecular flexibility index (Phi) is 6.37. The lowest BCUT2D eigenvalue weighted by Crippen LogP contribution is -2.29. The first kappa shape index (κ1) is 21.4. The van der Waals surface area contributed by atoms with Gasteiger partial charge in [0.25, 0.3) is 5.91 Å². The number of methoxy groups -OCH3 is 2. The molecule has 0 saturated heterocycles. The Labute approximate surface area is 190 Å². The predicted octanol–water partition coefficient (Wildman–Crippen LogP) is 4.93. The first-order valence-electron chi connectivity index (χ1n) is 9.75. The van der Waals surface area contributed by atoms with Crippen LogP contribution in [0.3, 0.4) is 0 Å². The zero-order chi connectivity index (χ0) is 22.5. The van der Waals surface area contributed by atoms with Crippen LogP contribution in [0.4, 0.5) is 0 Å². The van der Waals surface area contributed by atoms with Crippen LogP contribution in [0, 0.1) is 0 Å². The summed E-state index contributed by atoms with van der Waals surface area (Å²) in [5.41, 5.74) is 1.89. The third kappa shape index (κ3) is 4.73. The number of hydrogen-bond acceptors (Lipinski definition) is 6. The second-order valence-electron chi connectivity index (χ2n) is 6.87. The molecule has 1 aromatic heterocycles. The van der Waals surface area contributed by atoms with Crippen molar-refractivity contribution >= 4 is 17.5 Å². The summed E-state index contributed by atoms with van der Waals surface area (Å²) < 4.78 is 16.5. The number of aromatic nitrogens is 2. The van der Waals surface area contributed by atoms with Crippen molar-refractivity contribution in [3.63, 3.8) is 0 Å². The molecule has 7 nitrogen and oxygen atoms in total. The van der Waals surface area contributed by atoms with Crippen LogP contribution in [0.15, 0.2) is 77.2 Å². The highest BCUT2D eigenvalue weighted by molar-refractivity contribution is 6.30. The molecule has 0 bridgehead atoms. The normalized spacial score (nSPS) is 11.6. The van der Waals surface area contributed by atoms with Gasteiger partial charge in [0.15, 0.2) is 0 Å². The first-order chi connectivity index (χ1) is 15.6. The van der Waals surface area contributed by atoms with E-state index in [2.05, 4.69) is 15.5 Å². The Bertz CT molecular complexity index is 1190. The molecule has 0 fully saturated rings. The number of carbonyl (C=O) groups is 1. The van der Waals surface area contributed by atoms with Crippen molar-refractivity contribution < 1.29 is 18.7 Å². The standard InChI is InChI=1S/C24H20ClN3O4/c1-30-19-12-17(13-20(14-19)31-2)22(29)26-21(15-6-4-3-5-7-15)24-28-27-23(32-24)16-8-10-18(25)11-9-16/h3-14,21H,1-2H3,(H,26,29)/t21-/m1/s1. The Balaban J connectivity index is 1.67. The van der Waals surface area contributed by atoms with Gasteiger partial charge in [-0.1, -0.05) is 41.9 Å². The van der Waals surface area contributed by atoms with Gasteiger partial charge < -0.3 is 19.2 Å². The molecule has 1 heterocycles. The van der Waals surface area contributed by atoms with Crippen LogP contribution >= 0.6 is 11.6 Å². The van der Waals surface area contributed by atoms with Crippen LogP contribution < -0.4 is 14.8 Å². The Hall–Kier alpha value is -3.84. The van der Waals surface area contributed by atoms with Crippen LogP contribution in [-0.4, -0.2) is 30.3 Å². The molecule has 1 atom stereocenters. The molecule has 0 saturated carbocycles. The van der Waals surface area contributed by atoms with Crippen molar-refractivity contribution in [1.82, 2.24) is 15.5 Å². The molecule has 0 aliphatic carbocycles. The average molecular weight is 450 g/mol. The number of carbonyl (C=O) groups excluding carboxylic acids is 1. The average Bonchev–Trinajstić information content (AvgIpc) is 3.33. The number of benzene rings is 3. The molecule has 8 heteroatoms. The minimum absolute atomic E-state index is 0.254. The largest absolute Gasteiger partial charge is 0.497 e. The number of ether oxygens (including phenoxy) is 2. The van der Waals surface area contributed by atoms with Gasteiger partial charge in [0.1, 0.15) is 17.5 Å². The van der Waals surface area contributed by atoms with Crippen LogP contribution in [0.5, 0.6) is 11.5 Å². The number of amides is 1. The van der Waals surface area contributed by atoms with Gasteiger partial charge in [-0.25, -0.2) is 0 Å². The van der Waals surface area contributed by atoms with E-state index in [-0.39, 0.29) is 11.8 Å². The Morgan fingerprint density at radius 1 is 0.938 bits per heavy atom. The molecule has 4 rings (SSSR count). The number of halogens is 1. The predicted molar refractivity (Wildman–Crippen MR) is 120 cm³/mol. The lowest BCUT2D eigenvalue weighted by atomic mass is 10.1. The third-order valence-electron chi connectivity index (χ3n) is 4.80. The summed E-state index contributed by atoms with van der Waals surface area (Å²) in [4.78, 5) is 13.1. The van der Waals surface area contributed by atoms with Crippen molar-refractivity contribution in [2.75, 3.05) is 14.2 Å². The number of nitrogens with zero attached hydrogens (tertiary/aromatic N) is 2. The second kappa shape index (κ2) is 9.53. The van der Waals surface area contributed by atoms with E-state index < -0.39 is 6.04 Å². The van der Waals surface area contributed by atoms with Gasteiger partial charge in [-0.3, -0.25) is 4.79 Å². The second-order valence-corrected chi connectivity index (χ2v) is 7.31. The maximum absolute atomic E-state index is 13.1. The number of hydrogen-bond donors (Lipinski definition) is 1. The molecular weight excluding hydrogens is 430 g/mol. The van der Waals surface area contributed by atoms with E-state index in [1.165, 1.54) is 14.2 Å². The van der Waals surface area contributed by atoms with Crippen molar-refractivity contribution in [3.8, 4) is 23.0 Å². The van der Waals surface area contributed by atoms with Crippen molar-refractivity contribution in [2.24, 2.45) is 0 Å². The molecule has 3 aromatic carbocycles. The molecule has 32 heavy (non-hydrogen) atoms. The summed E-state index contributed by atoms with van der Waals surface area (Å²) in [6.07, 6.45) is 0. The van der Waals surface area contributed by atoms with E-state index in [0.29, 0.717) is 28.0 Å². The fraction of sp³-hybridized carbons (Fsp3) is 0.125. The van der Waals surface area contributed by atoms with Gasteiger partial charge >= 0.3 is 0 Å². The van der Waals surface area contributed by atoms with Gasteiger partial charge in [0.05, 0.1) is 14.2 Å². The van der Waals surface area contributed by atoms with E-state index >= 15 is 0 Å². The van der Waals surface area contributed by atoms with Gasteiger partial charge in [0.2, 0.25) is 11.8 Å². The summed E-state index contributed by atoms with van der Waals surface area (Å²) in [5.74, 6) is 1.25. The minimum atomic E-state index is -0.658. The molecule has 0 spiro atoms. The maximum atomic E-state index is 13.1. The fourth-order valence-corrected chi connectivity index (χ4v) is 3.27. The topological polar surface area (TPSA) is 86.5 Å². The number of rotatable bonds is 7. The minimum Gasteiger partial charge on any atom is -0.497 e. The van der Waals surface area contributed by atoms with Crippen LogP contribution in [0.25, 0.3) is 11.5 Å². The van der Waals surface area contributed by atoms with Crippen LogP contribution in [0.1, 0.15) is 27.9 Å². The smallest absolute Gasteiger partial charge is 0.252 e.